The van der Waals surface area contributed by atoms with E-state index in [2.05, 4.69) is 25.7 Å². The third-order valence-corrected chi connectivity index (χ3v) is 5.12. The summed E-state index contributed by atoms with van der Waals surface area (Å²) in [6, 6.07) is 7.80. The van der Waals surface area contributed by atoms with Crippen LogP contribution < -0.4 is 10.6 Å². The molecule has 2 aromatic heterocycles. The van der Waals surface area contributed by atoms with Crippen molar-refractivity contribution in [3.63, 3.8) is 0 Å². The highest BCUT2D eigenvalue weighted by molar-refractivity contribution is 6.30. The molecule has 3 rings (SSSR count). The van der Waals surface area contributed by atoms with E-state index >= 15 is 0 Å². The van der Waals surface area contributed by atoms with E-state index in [1.165, 1.54) is 6.07 Å². The van der Waals surface area contributed by atoms with Crippen LogP contribution in [0.15, 0.2) is 42.7 Å². The van der Waals surface area contributed by atoms with Crippen LogP contribution in [0.3, 0.4) is 0 Å². The zero-order valence-electron chi connectivity index (χ0n) is 19.4. The van der Waals surface area contributed by atoms with Crippen molar-refractivity contribution >= 4 is 23.4 Å². The Morgan fingerprint density at radius 1 is 1.15 bits per heavy atom. The summed E-state index contributed by atoms with van der Waals surface area (Å²) >= 11 is 5.95. The van der Waals surface area contributed by atoms with Crippen LogP contribution in [0, 0.1) is 5.95 Å². The molecule has 0 aliphatic rings. The minimum atomic E-state index is -0.694. The number of benzene rings is 1. The Morgan fingerprint density at radius 2 is 1.85 bits per heavy atom. The molecule has 3 aromatic rings. The molecule has 0 saturated heterocycles. The molecule has 10 heteroatoms. The highest BCUT2D eigenvalue weighted by Gasteiger charge is 2.23. The number of nitrogens with zero attached hydrogens (tertiary/aromatic N) is 4. The number of aromatic nitrogens is 4. The standard InChI is InChI=1S/C23H30ClFN6O2/c1-14(16-11-26-31(12-16)18-8-6-17(24)7-9-18)27-22-29-20(25)10-21(30-22)28-19(13-32)15(2)33-23(3,4)5/h6-12,14-15,19,32H,13H2,1-5H3,(H2,27,28,29,30)/t14-,15+,19+/m0/s1. The van der Waals surface area contributed by atoms with Crippen LogP contribution in [-0.2, 0) is 4.74 Å². The molecule has 3 atom stereocenters. The Kier molecular flexibility index (Phi) is 7.88. The predicted molar refractivity (Wildman–Crippen MR) is 127 cm³/mol. The van der Waals surface area contributed by atoms with E-state index in [4.69, 9.17) is 16.3 Å². The van der Waals surface area contributed by atoms with Crippen LogP contribution in [0.4, 0.5) is 16.2 Å². The van der Waals surface area contributed by atoms with Gasteiger partial charge in [0.05, 0.1) is 42.3 Å². The number of ether oxygens (including phenoxy) is 1. The highest BCUT2D eigenvalue weighted by Crippen LogP contribution is 2.21. The summed E-state index contributed by atoms with van der Waals surface area (Å²) in [5.74, 6) is -0.331. The number of anilines is 2. The Morgan fingerprint density at radius 3 is 2.48 bits per heavy atom. The molecule has 0 radical (unpaired) electrons. The fourth-order valence-electron chi connectivity index (χ4n) is 3.27. The quantitative estimate of drug-likeness (QED) is 0.388. The first-order chi connectivity index (χ1) is 15.5. The van der Waals surface area contributed by atoms with Crippen molar-refractivity contribution in [2.45, 2.75) is 58.4 Å². The van der Waals surface area contributed by atoms with Crippen molar-refractivity contribution < 1.29 is 14.2 Å². The molecule has 178 valence electrons. The van der Waals surface area contributed by atoms with Crippen molar-refractivity contribution in [2.75, 3.05) is 17.2 Å². The molecule has 2 heterocycles. The van der Waals surface area contributed by atoms with E-state index in [1.54, 1.807) is 23.0 Å². The summed E-state index contributed by atoms with van der Waals surface area (Å²) < 4.78 is 21.8. The molecule has 0 unspecified atom stereocenters. The lowest BCUT2D eigenvalue weighted by molar-refractivity contribution is -0.0638. The van der Waals surface area contributed by atoms with Crippen molar-refractivity contribution in [3.05, 3.63) is 59.3 Å². The average Bonchev–Trinajstić information content (AvgIpc) is 3.21. The zero-order chi connectivity index (χ0) is 24.2. The van der Waals surface area contributed by atoms with Crippen molar-refractivity contribution in [1.29, 1.82) is 0 Å². The van der Waals surface area contributed by atoms with Crippen LogP contribution in [0.1, 0.15) is 46.2 Å². The van der Waals surface area contributed by atoms with Crippen molar-refractivity contribution in [2.24, 2.45) is 0 Å². The molecule has 0 saturated carbocycles. The monoisotopic (exact) mass is 476 g/mol. The van der Waals surface area contributed by atoms with Gasteiger partial charge in [0.2, 0.25) is 11.9 Å². The third-order valence-electron chi connectivity index (χ3n) is 4.87. The molecule has 0 bridgehead atoms. The Hall–Kier alpha value is -2.75. The van der Waals surface area contributed by atoms with E-state index < -0.39 is 12.0 Å². The van der Waals surface area contributed by atoms with E-state index in [0.29, 0.717) is 5.02 Å². The second-order valence-electron chi connectivity index (χ2n) is 8.83. The van der Waals surface area contributed by atoms with Crippen molar-refractivity contribution in [1.82, 2.24) is 19.7 Å². The lowest BCUT2D eigenvalue weighted by Crippen LogP contribution is -2.41. The van der Waals surface area contributed by atoms with E-state index in [9.17, 15) is 9.50 Å². The topological polar surface area (TPSA) is 97.1 Å². The van der Waals surface area contributed by atoms with Crippen LogP contribution >= 0.6 is 11.6 Å². The SMILES string of the molecule is C[C@H](Nc1nc(F)cc(N[C@H](CO)[C@@H](C)OC(C)(C)C)n1)c1cnn(-c2ccc(Cl)cc2)c1. The van der Waals surface area contributed by atoms with Gasteiger partial charge in [0.1, 0.15) is 5.82 Å². The van der Waals surface area contributed by atoms with Crippen molar-refractivity contribution in [3.8, 4) is 5.69 Å². The molecule has 0 spiro atoms. The van der Waals surface area contributed by atoms with Crippen LogP contribution in [-0.4, -0.2) is 49.2 Å². The number of rotatable bonds is 9. The Labute approximate surface area is 198 Å². The first-order valence-corrected chi connectivity index (χ1v) is 11.1. The number of hydrogen-bond donors (Lipinski definition) is 3. The lowest BCUT2D eigenvalue weighted by atomic mass is 10.1. The maximum atomic E-state index is 14.2. The maximum absolute atomic E-state index is 14.2. The normalized spacial score (nSPS) is 14.5. The van der Waals surface area contributed by atoms with Gasteiger partial charge in [0.25, 0.3) is 0 Å². The molecule has 8 nitrogen and oxygen atoms in total. The molecular weight excluding hydrogens is 447 g/mol. The summed E-state index contributed by atoms with van der Waals surface area (Å²) in [6.45, 7) is 9.34. The summed E-state index contributed by atoms with van der Waals surface area (Å²) in [7, 11) is 0. The molecule has 1 aromatic carbocycles. The maximum Gasteiger partial charge on any atom is 0.227 e. The predicted octanol–water partition coefficient (Wildman–Crippen LogP) is 4.60. The average molecular weight is 477 g/mol. The van der Waals surface area contributed by atoms with Gasteiger partial charge in [-0.15, -0.1) is 0 Å². The molecule has 0 aliphatic heterocycles. The van der Waals surface area contributed by atoms with Gasteiger partial charge in [0.15, 0.2) is 0 Å². The fourth-order valence-corrected chi connectivity index (χ4v) is 3.40. The summed E-state index contributed by atoms with van der Waals surface area (Å²) in [5, 5.41) is 21.0. The van der Waals surface area contributed by atoms with Crippen LogP contribution in [0.2, 0.25) is 5.02 Å². The van der Waals surface area contributed by atoms with Gasteiger partial charge in [-0.2, -0.15) is 19.5 Å². The van der Waals surface area contributed by atoms with E-state index in [-0.39, 0.29) is 36.1 Å². The largest absolute Gasteiger partial charge is 0.394 e. The van der Waals surface area contributed by atoms with Crippen LogP contribution in [0.5, 0.6) is 0 Å². The Balaban J connectivity index is 1.71. The van der Waals surface area contributed by atoms with E-state index in [0.717, 1.165) is 11.3 Å². The summed E-state index contributed by atoms with van der Waals surface area (Å²) in [5.41, 5.74) is 1.35. The van der Waals surface area contributed by atoms with Gasteiger partial charge in [-0.3, -0.25) is 0 Å². The smallest absolute Gasteiger partial charge is 0.227 e. The van der Waals surface area contributed by atoms with Gasteiger partial charge in [-0.05, 0) is 58.9 Å². The first kappa shape index (κ1) is 24.9. The third kappa shape index (κ3) is 7.12. The second kappa shape index (κ2) is 10.5. The van der Waals surface area contributed by atoms with Gasteiger partial charge in [-0.25, -0.2) is 4.68 Å². The molecule has 0 amide bonds. The lowest BCUT2D eigenvalue weighted by Gasteiger charge is -2.30. The number of halogens is 2. The van der Waals surface area contributed by atoms with Gasteiger partial charge in [-0.1, -0.05) is 11.6 Å². The summed E-state index contributed by atoms with van der Waals surface area (Å²) in [4.78, 5) is 8.21. The van der Waals surface area contributed by atoms with Gasteiger partial charge >= 0.3 is 0 Å². The number of nitrogens with one attached hydrogen (secondary N) is 2. The first-order valence-electron chi connectivity index (χ1n) is 10.7. The minimum absolute atomic E-state index is 0.116. The van der Waals surface area contributed by atoms with Crippen LogP contribution in [0.25, 0.3) is 5.69 Å². The zero-order valence-corrected chi connectivity index (χ0v) is 20.1. The second-order valence-corrected chi connectivity index (χ2v) is 9.27. The minimum Gasteiger partial charge on any atom is -0.394 e. The molecule has 33 heavy (non-hydrogen) atoms. The summed E-state index contributed by atoms with van der Waals surface area (Å²) in [6.07, 6.45) is 3.26. The Bertz CT molecular complexity index is 1050. The number of aliphatic hydroxyl groups excluding tert-OH is 1. The van der Waals surface area contributed by atoms with E-state index in [1.807, 2.05) is 52.9 Å². The molecular formula is C23H30ClFN6O2. The molecule has 3 N–H and O–H groups in total. The van der Waals surface area contributed by atoms with Gasteiger partial charge in [0, 0.05) is 22.8 Å². The molecule has 0 fully saturated rings. The number of hydrogen-bond acceptors (Lipinski definition) is 7. The number of aliphatic hydroxyl groups is 1. The fraction of sp³-hybridized carbons (Fsp3) is 0.435. The highest BCUT2D eigenvalue weighted by atomic mass is 35.5. The molecule has 0 aliphatic carbocycles. The van der Waals surface area contributed by atoms with Gasteiger partial charge < -0.3 is 20.5 Å².